The first-order chi connectivity index (χ1) is 8.81. The summed E-state index contributed by atoms with van der Waals surface area (Å²) < 4.78 is 0. The Bertz CT molecular complexity index is 485. The van der Waals surface area contributed by atoms with Gasteiger partial charge in [0.1, 0.15) is 0 Å². The predicted octanol–water partition coefficient (Wildman–Crippen LogP) is 2.09. The standard InChI is InChI=1S/C15H18N2O/c16-14-9-5-4-8-13(14)10-17-15(11-18)12-6-2-1-3-7-12/h1-9,15,17-18H,10-11,16H2. The number of anilines is 1. The second kappa shape index (κ2) is 6.19. The van der Waals surface area contributed by atoms with Crippen molar-refractivity contribution in [2.75, 3.05) is 12.3 Å². The molecule has 0 saturated carbocycles. The van der Waals surface area contributed by atoms with Crippen LogP contribution in [0.25, 0.3) is 0 Å². The molecule has 1 atom stereocenters. The Hall–Kier alpha value is -1.84. The van der Waals surface area contributed by atoms with E-state index in [1.54, 1.807) is 0 Å². The van der Waals surface area contributed by atoms with E-state index in [4.69, 9.17) is 5.73 Å². The van der Waals surface area contributed by atoms with Crippen LogP contribution in [0, 0.1) is 0 Å². The lowest BCUT2D eigenvalue weighted by atomic mass is 10.1. The van der Waals surface area contributed by atoms with Crippen molar-refractivity contribution < 1.29 is 5.11 Å². The number of nitrogens with two attached hydrogens (primary N) is 1. The van der Waals surface area contributed by atoms with Crippen molar-refractivity contribution in [3.8, 4) is 0 Å². The molecular formula is C15H18N2O. The van der Waals surface area contributed by atoms with Crippen LogP contribution in [0.4, 0.5) is 5.69 Å². The molecule has 4 N–H and O–H groups in total. The summed E-state index contributed by atoms with van der Waals surface area (Å²) in [7, 11) is 0. The summed E-state index contributed by atoms with van der Waals surface area (Å²) in [5.41, 5.74) is 8.78. The Labute approximate surface area is 107 Å². The van der Waals surface area contributed by atoms with Crippen LogP contribution in [0.1, 0.15) is 17.2 Å². The van der Waals surface area contributed by atoms with Gasteiger partial charge in [-0.1, -0.05) is 48.5 Å². The molecule has 0 bridgehead atoms. The molecule has 94 valence electrons. The molecule has 2 aromatic carbocycles. The third-order valence-electron chi connectivity index (χ3n) is 2.98. The molecule has 0 aliphatic rings. The van der Waals surface area contributed by atoms with E-state index in [0.29, 0.717) is 6.54 Å². The molecule has 3 heteroatoms. The minimum absolute atomic E-state index is 0.0641. The first kappa shape index (κ1) is 12.6. The second-order valence-electron chi connectivity index (χ2n) is 4.23. The highest BCUT2D eigenvalue weighted by molar-refractivity contribution is 5.46. The van der Waals surface area contributed by atoms with Crippen molar-refractivity contribution in [2.45, 2.75) is 12.6 Å². The summed E-state index contributed by atoms with van der Waals surface area (Å²) in [6, 6.07) is 17.6. The van der Waals surface area contributed by atoms with Crippen molar-refractivity contribution >= 4 is 5.69 Å². The lowest BCUT2D eigenvalue weighted by Gasteiger charge is -2.17. The van der Waals surface area contributed by atoms with Crippen molar-refractivity contribution in [2.24, 2.45) is 0 Å². The number of hydrogen-bond acceptors (Lipinski definition) is 3. The predicted molar refractivity (Wildman–Crippen MR) is 74.0 cm³/mol. The maximum absolute atomic E-state index is 9.43. The molecule has 0 fully saturated rings. The van der Waals surface area contributed by atoms with E-state index in [1.807, 2.05) is 54.6 Å². The molecule has 3 nitrogen and oxygen atoms in total. The van der Waals surface area contributed by atoms with Gasteiger partial charge in [0.25, 0.3) is 0 Å². The number of aliphatic hydroxyl groups excluding tert-OH is 1. The van der Waals surface area contributed by atoms with E-state index in [-0.39, 0.29) is 12.6 Å². The van der Waals surface area contributed by atoms with Gasteiger partial charge in [-0.05, 0) is 17.2 Å². The van der Waals surface area contributed by atoms with Crippen molar-refractivity contribution in [1.82, 2.24) is 5.32 Å². The molecule has 0 spiro atoms. The SMILES string of the molecule is Nc1ccccc1CNC(CO)c1ccccc1. The van der Waals surface area contributed by atoms with Crippen LogP contribution in [-0.2, 0) is 6.54 Å². The highest BCUT2D eigenvalue weighted by Crippen LogP contribution is 2.15. The first-order valence-corrected chi connectivity index (χ1v) is 6.04. The molecule has 1 unspecified atom stereocenters. The Morgan fingerprint density at radius 3 is 2.33 bits per heavy atom. The van der Waals surface area contributed by atoms with E-state index in [0.717, 1.165) is 16.8 Å². The maximum Gasteiger partial charge on any atom is 0.0626 e. The second-order valence-corrected chi connectivity index (χ2v) is 4.23. The summed E-state index contributed by atoms with van der Waals surface area (Å²) in [6.07, 6.45) is 0. The zero-order valence-electron chi connectivity index (χ0n) is 10.2. The highest BCUT2D eigenvalue weighted by atomic mass is 16.3. The topological polar surface area (TPSA) is 58.3 Å². The first-order valence-electron chi connectivity index (χ1n) is 6.04. The van der Waals surface area contributed by atoms with Gasteiger partial charge < -0.3 is 16.2 Å². The van der Waals surface area contributed by atoms with Gasteiger partial charge in [0, 0.05) is 12.2 Å². The summed E-state index contributed by atoms with van der Waals surface area (Å²) in [5.74, 6) is 0. The number of nitrogens with one attached hydrogen (secondary N) is 1. The summed E-state index contributed by atoms with van der Waals surface area (Å²) in [4.78, 5) is 0. The third-order valence-corrected chi connectivity index (χ3v) is 2.98. The Morgan fingerprint density at radius 1 is 1.00 bits per heavy atom. The van der Waals surface area contributed by atoms with Gasteiger partial charge in [0.2, 0.25) is 0 Å². The smallest absolute Gasteiger partial charge is 0.0626 e. The van der Waals surface area contributed by atoms with E-state index in [9.17, 15) is 5.11 Å². The molecule has 0 aliphatic carbocycles. The quantitative estimate of drug-likeness (QED) is 0.704. The number of aliphatic hydroxyl groups is 1. The zero-order chi connectivity index (χ0) is 12.8. The fourth-order valence-electron chi connectivity index (χ4n) is 1.90. The zero-order valence-corrected chi connectivity index (χ0v) is 10.2. The Morgan fingerprint density at radius 2 is 1.67 bits per heavy atom. The van der Waals surface area contributed by atoms with Crippen molar-refractivity contribution in [3.05, 3.63) is 65.7 Å². The third kappa shape index (κ3) is 3.09. The molecule has 2 rings (SSSR count). The maximum atomic E-state index is 9.43. The minimum atomic E-state index is -0.0641. The molecule has 0 heterocycles. The van der Waals surface area contributed by atoms with Crippen LogP contribution in [0.5, 0.6) is 0 Å². The summed E-state index contributed by atoms with van der Waals surface area (Å²) in [6.45, 7) is 0.712. The lowest BCUT2D eigenvalue weighted by Crippen LogP contribution is -2.24. The van der Waals surface area contributed by atoms with Crippen LogP contribution in [-0.4, -0.2) is 11.7 Å². The number of rotatable bonds is 5. The molecule has 2 aromatic rings. The molecule has 0 radical (unpaired) electrons. The summed E-state index contributed by atoms with van der Waals surface area (Å²) in [5, 5.41) is 12.7. The van der Waals surface area contributed by atoms with E-state index >= 15 is 0 Å². The number of nitrogen functional groups attached to an aromatic ring is 1. The van der Waals surface area contributed by atoms with Crippen LogP contribution in [0.2, 0.25) is 0 Å². The van der Waals surface area contributed by atoms with Gasteiger partial charge >= 0.3 is 0 Å². The average Bonchev–Trinajstić information content (AvgIpc) is 2.42. The monoisotopic (exact) mass is 242 g/mol. The van der Waals surface area contributed by atoms with E-state index < -0.39 is 0 Å². The van der Waals surface area contributed by atoms with Crippen molar-refractivity contribution in [1.29, 1.82) is 0 Å². The molecule has 0 saturated heterocycles. The van der Waals surface area contributed by atoms with Gasteiger partial charge in [0.15, 0.2) is 0 Å². The van der Waals surface area contributed by atoms with Crippen LogP contribution >= 0.6 is 0 Å². The van der Waals surface area contributed by atoms with Gasteiger partial charge in [-0.15, -0.1) is 0 Å². The molecule has 18 heavy (non-hydrogen) atoms. The fourth-order valence-corrected chi connectivity index (χ4v) is 1.90. The van der Waals surface area contributed by atoms with Gasteiger partial charge in [-0.3, -0.25) is 0 Å². The van der Waals surface area contributed by atoms with Crippen LogP contribution in [0.3, 0.4) is 0 Å². The molecule has 0 aliphatic heterocycles. The minimum Gasteiger partial charge on any atom is -0.398 e. The Balaban J connectivity index is 2.02. The van der Waals surface area contributed by atoms with Gasteiger partial charge in [-0.2, -0.15) is 0 Å². The van der Waals surface area contributed by atoms with Crippen LogP contribution < -0.4 is 11.1 Å². The fraction of sp³-hybridized carbons (Fsp3) is 0.200. The highest BCUT2D eigenvalue weighted by Gasteiger charge is 2.09. The largest absolute Gasteiger partial charge is 0.398 e. The number of benzene rings is 2. The molecule has 0 amide bonds. The van der Waals surface area contributed by atoms with Gasteiger partial charge in [-0.25, -0.2) is 0 Å². The molecule has 0 aromatic heterocycles. The molecular weight excluding hydrogens is 224 g/mol. The van der Waals surface area contributed by atoms with Crippen molar-refractivity contribution in [3.63, 3.8) is 0 Å². The van der Waals surface area contributed by atoms with Crippen LogP contribution in [0.15, 0.2) is 54.6 Å². The van der Waals surface area contributed by atoms with E-state index in [2.05, 4.69) is 5.32 Å². The van der Waals surface area contributed by atoms with Gasteiger partial charge in [0.05, 0.1) is 12.6 Å². The summed E-state index contributed by atoms with van der Waals surface area (Å²) >= 11 is 0. The Kier molecular flexibility index (Phi) is 4.34. The normalized spacial score (nSPS) is 12.3. The number of para-hydroxylation sites is 1. The lowest BCUT2D eigenvalue weighted by molar-refractivity contribution is 0.243. The number of hydrogen-bond donors (Lipinski definition) is 3. The average molecular weight is 242 g/mol. The van der Waals surface area contributed by atoms with E-state index in [1.165, 1.54) is 0 Å².